The molecule has 2 rings (SSSR count). The lowest BCUT2D eigenvalue weighted by atomic mass is 10.2. The van der Waals surface area contributed by atoms with E-state index < -0.39 is 10.1 Å². The van der Waals surface area contributed by atoms with Gasteiger partial charge >= 0.3 is 10.1 Å². The van der Waals surface area contributed by atoms with Crippen molar-refractivity contribution in [2.45, 2.75) is 11.8 Å². The summed E-state index contributed by atoms with van der Waals surface area (Å²) in [7, 11) is -2.70. The molecule has 112 valence electrons. The maximum absolute atomic E-state index is 12.4. The molecule has 0 fully saturated rings. The van der Waals surface area contributed by atoms with E-state index in [-0.39, 0.29) is 21.4 Å². The zero-order chi connectivity index (χ0) is 15.6. The van der Waals surface area contributed by atoms with Crippen molar-refractivity contribution in [2.75, 3.05) is 7.11 Å². The van der Waals surface area contributed by atoms with Crippen LogP contribution in [0.3, 0.4) is 0 Å². The van der Waals surface area contributed by atoms with Gasteiger partial charge in [0.25, 0.3) is 0 Å². The fraction of sp³-hybridized carbons (Fsp3) is 0.143. The van der Waals surface area contributed by atoms with Crippen LogP contribution in [0.15, 0.2) is 41.3 Å². The summed E-state index contributed by atoms with van der Waals surface area (Å²) in [6.07, 6.45) is 0. The van der Waals surface area contributed by atoms with Crippen LogP contribution in [-0.4, -0.2) is 15.5 Å². The minimum Gasteiger partial charge on any atom is -0.495 e. The van der Waals surface area contributed by atoms with E-state index in [9.17, 15) is 8.42 Å². The van der Waals surface area contributed by atoms with E-state index in [0.717, 1.165) is 5.56 Å². The highest BCUT2D eigenvalue weighted by molar-refractivity contribution is 7.87. The zero-order valence-corrected chi connectivity index (χ0v) is 13.6. The highest BCUT2D eigenvalue weighted by atomic mass is 35.5. The summed E-state index contributed by atoms with van der Waals surface area (Å²) < 4.78 is 34.9. The van der Waals surface area contributed by atoms with Crippen LogP contribution in [-0.2, 0) is 10.1 Å². The summed E-state index contributed by atoms with van der Waals surface area (Å²) in [5.41, 5.74) is 0.759. The number of rotatable bonds is 4. The van der Waals surface area contributed by atoms with Crippen LogP contribution < -0.4 is 8.92 Å². The average molecular weight is 347 g/mol. The molecular formula is C14H12Cl2O4S. The lowest BCUT2D eigenvalue weighted by Gasteiger charge is -2.12. The number of ether oxygens (including phenoxy) is 1. The largest absolute Gasteiger partial charge is 0.495 e. The van der Waals surface area contributed by atoms with Gasteiger partial charge in [0.05, 0.1) is 12.1 Å². The quantitative estimate of drug-likeness (QED) is 0.782. The van der Waals surface area contributed by atoms with Gasteiger partial charge in [-0.3, -0.25) is 0 Å². The molecule has 0 aliphatic heterocycles. The van der Waals surface area contributed by atoms with E-state index in [1.54, 1.807) is 19.1 Å². The normalized spacial score (nSPS) is 11.2. The van der Waals surface area contributed by atoms with Crippen molar-refractivity contribution in [1.29, 1.82) is 0 Å². The van der Waals surface area contributed by atoms with Crippen LogP contribution in [0, 0.1) is 6.92 Å². The van der Waals surface area contributed by atoms with Gasteiger partial charge in [-0.2, -0.15) is 8.42 Å². The molecule has 0 N–H and O–H groups in total. The van der Waals surface area contributed by atoms with Crippen molar-refractivity contribution in [2.24, 2.45) is 0 Å². The predicted octanol–water partition coefficient (Wildman–Crippen LogP) is 4.08. The fourth-order valence-corrected chi connectivity index (χ4v) is 3.24. The van der Waals surface area contributed by atoms with Crippen LogP contribution in [0.25, 0.3) is 0 Å². The van der Waals surface area contributed by atoms with Gasteiger partial charge in [-0.05, 0) is 36.8 Å². The van der Waals surface area contributed by atoms with E-state index in [4.69, 9.17) is 32.1 Å². The van der Waals surface area contributed by atoms with E-state index >= 15 is 0 Å². The predicted molar refractivity (Wildman–Crippen MR) is 82.0 cm³/mol. The summed E-state index contributed by atoms with van der Waals surface area (Å²) in [5, 5.41) is 0.468. The molecule has 2 aromatic rings. The first-order valence-corrected chi connectivity index (χ1v) is 8.04. The fourth-order valence-electron chi connectivity index (χ4n) is 1.68. The molecule has 0 unspecified atom stereocenters. The Morgan fingerprint density at radius 1 is 1.00 bits per heavy atom. The summed E-state index contributed by atoms with van der Waals surface area (Å²) in [4.78, 5) is -0.0685. The van der Waals surface area contributed by atoms with Crippen LogP contribution in [0.2, 0.25) is 10.0 Å². The number of benzene rings is 2. The molecule has 0 spiro atoms. The Balaban J connectivity index is 2.48. The van der Waals surface area contributed by atoms with Gasteiger partial charge in [-0.25, -0.2) is 0 Å². The molecule has 0 aliphatic rings. The molecule has 0 aliphatic carbocycles. The Labute approximate surface area is 133 Å². The first kappa shape index (κ1) is 15.9. The topological polar surface area (TPSA) is 52.6 Å². The van der Waals surface area contributed by atoms with Crippen molar-refractivity contribution in [3.05, 3.63) is 52.0 Å². The number of methoxy groups -OCH3 is 1. The molecule has 4 nitrogen and oxygen atoms in total. The van der Waals surface area contributed by atoms with Crippen molar-refractivity contribution in [1.82, 2.24) is 0 Å². The number of halogens is 2. The van der Waals surface area contributed by atoms with Gasteiger partial charge in [0, 0.05) is 11.1 Å². The van der Waals surface area contributed by atoms with Crippen LogP contribution in [0.1, 0.15) is 5.56 Å². The van der Waals surface area contributed by atoms with Gasteiger partial charge in [0.1, 0.15) is 10.6 Å². The van der Waals surface area contributed by atoms with Crippen molar-refractivity contribution < 1.29 is 17.3 Å². The first-order chi connectivity index (χ1) is 9.83. The highest BCUT2D eigenvalue weighted by Crippen LogP contribution is 2.32. The molecule has 2 aromatic carbocycles. The number of hydrogen-bond acceptors (Lipinski definition) is 4. The number of hydrogen-bond donors (Lipinski definition) is 0. The Hall–Kier alpha value is -1.43. The molecule has 7 heteroatoms. The molecule has 0 saturated heterocycles. The molecule has 0 heterocycles. The second-order valence-corrected chi connectivity index (χ2v) is 6.62. The first-order valence-electron chi connectivity index (χ1n) is 5.87. The lowest BCUT2D eigenvalue weighted by molar-refractivity contribution is 0.398. The van der Waals surface area contributed by atoms with Crippen LogP contribution >= 0.6 is 23.2 Å². The molecule has 0 aromatic heterocycles. The third-order valence-electron chi connectivity index (χ3n) is 2.68. The summed E-state index contributed by atoms with van der Waals surface area (Å²) in [6.45, 7) is 1.77. The monoisotopic (exact) mass is 346 g/mol. The van der Waals surface area contributed by atoms with Crippen LogP contribution in [0.4, 0.5) is 0 Å². The van der Waals surface area contributed by atoms with Gasteiger partial charge in [0.15, 0.2) is 5.75 Å². The SMILES string of the molecule is COc1ccc(C)cc1S(=O)(=O)Oc1cc(Cl)ccc1Cl. The van der Waals surface area contributed by atoms with Crippen molar-refractivity contribution in [3.63, 3.8) is 0 Å². The second kappa shape index (κ2) is 6.13. The molecule has 21 heavy (non-hydrogen) atoms. The van der Waals surface area contributed by atoms with E-state index in [1.165, 1.54) is 31.4 Å². The van der Waals surface area contributed by atoms with Crippen molar-refractivity contribution >= 4 is 33.3 Å². The minimum absolute atomic E-state index is 0.0345. The summed E-state index contributed by atoms with van der Waals surface area (Å²) in [5.74, 6) is 0.159. The van der Waals surface area contributed by atoms with Gasteiger partial charge in [0.2, 0.25) is 0 Å². The maximum Gasteiger partial charge on any atom is 0.342 e. The Kier molecular flexibility index (Phi) is 4.66. The van der Waals surface area contributed by atoms with Gasteiger partial charge < -0.3 is 8.92 Å². The average Bonchev–Trinajstić information content (AvgIpc) is 2.42. The standard InChI is InChI=1S/C14H12Cl2O4S/c1-9-3-6-12(19-2)14(7-9)21(17,18)20-13-8-10(15)4-5-11(13)16/h3-8H,1-2H3. The third kappa shape index (κ3) is 3.61. The van der Waals surface area contributed by atoms with Gasteiger partial charge in [-0.1, -0.05) is 29.3 Å². The minimum atomic E-state index is -4.09. The van der Waals surface area contributed by atoms with E-state index in [1.807, 2.05) is 0 Å². The summed E-state index contributed by atoms with van der Waals surface area (Å²) >= 11 is 11.7. The van der Waals surface area contributed by atoms with E-state index in [0.29, 0.717) is 5.02 Å². The molecule has 0 atom stereocenters. The van der Waals surface area contributed by atoms with Crippen LogP contribution in [0.5, 0.6) is 11.5 Å². The lowest BCUT2D eigenvalue weighted by Crippen LogP contribution is -2.11. The highest BCUT2D eigenvalue weighted by Gasteiger charge is 2.23. The van der Waals surface area contributed by atoms with E-state index in [2.05, 4.69) is 0 Å². The molecular weight excluding hydrogens is 335 g/mol. The number of aryl methyl sites for hydroxylation is 1. The molecule has 0 bridgehead atoms. The molecule has 0 radical (unpaired) electrons. The Morgan fingerprint density at radius 3 is 2.38 bits per heavy atom. The third-order valence-corrected chi connectivity index (χ3v) is 4.49. The maximum atomic E-state index is 12.4. The summed E-state index contributed by atoms with van der Waals surface area (Å²) in [6, 6.07) is 9.10. The zero-order valence-electron chi connectivity index (χ0n) is 11.3. The Bertz CT molecular complexity index is 773. The van der Waals surface area contributed by atoms with Gasteiger partial charge in [-0.15, -0.1) is 0 Å². The smallest absolute Gasteiger partial charge is 0.342 e. The molecule has 0 saturated carbocycles. The van der Waals surface area contributed by atoms with Crippen molar-refractivity contribution in [3.8, 4) is 11.5 Å². The molecule has 0 amide bonds. The second-order valence-electron chi connectivity index (χ2n) is 4.27. The Morgan fingerprint density at radius 2 is 1.71 bits per heavy atom.